The van der Waals surface area contributed by atoms with Gasteiger partial charge in [0.15, 0.2) is 0 Å². The molecule has 0 fully saturated rings. The van der Waals surface area contributed by atoms with Crippen LogP contribution in [0.5, 0.6) is 5.75 Å². The van der Waals surface area contributed by atoms with E-state index in [2.05, 4.69) is 0 Å². The Kier molecular flexibility index (Phi) is 2.99. The number of rotatable bonds is 3. The van der Waals surface area contributed by atoms with Crippen molar-refractivity contribution in [2.75, 3.05) is 0 Å². The molecule has 2 aromatic carbocycles. The summed E-state index contributed by atoms with van der Waals surface area (Å²) in [6, 6.07) is 14.7. The van der Waals surface area contributed by atoms with E-state index < -0.39 is 0 Å². The summed E-state index contributed by atoms with van der Waals surface area (Å²) >= 11 is 1.54. The van der Waals surface area contributed by atoms with Crippen molar-refractivity contribution >= 4 is 21.4 Å². The van der Waals surface area contributed by atoms with Gasteiger partial charge < -0.3 is 4.74 Å². The minimum atomic E-state index is -0.180. The van der Waals surface area contributed by atoms with E-state index in [0.29, 0.717) is 12.0 Å². The van der Waals surface area contributed by atoms with E-state index in [0.717, 1.165) is 16.0 Å². The van der Waals surface area contributed by atoms with Crippen molar-refractivity contribution in [1.82, 2.24) is 0 Å². The Balaban J connectivity index is 1.87. The van der Waals surface area contributed by atoms with Crippen LogP contribution < -0.4 is 4.74 Å². The third-order valence-electron chi connectivity index (χ3n) is 2.76. The van der Waals surface area contributed by atoms with Gasteiger partial charge in [0.25, 0.3) is 0 Å². The van der Waals surface area contributed by atoms with Gasteiger partial charge in [-0.3, -0.25) is 0 Å². The van der Waals surface area contributed by atoms with Crippen LogP contribution in [0.2, 0.25) is 0 Å². The molecule has 3 aromatic rings. The maximum Gasteiger partial charge on any atom is 0.132 e. The first kappa shape index (κ1) is 11.2. The largest absolute Gasteiger partial charge is 0.489 e. The number of ether oxygens (including phenoxy) is 1. The quantitative estimate of drug-likeness (QED) is 0.666. The molecule has 3 rings (SSSR count). The standard InChI is InChI=1S/C15H11FOS/c16-13-7-4-8-14-15(13)11(10-18-14)9-17-12-5-2-1-3-6-12/h1-8,10H,9H2. The third-order valence-corrected chi connectivity index (χ3v) is 3.76. The van der Waals surface area contributed by atoms with Gasteiger partial charge in [-0.05, 0) is 29.6 Å². The molecule has 0 spiro atoms. The Morgan fingerprint density at radius 1 is 1.00 bits per heavy atom. The van der Waals surface area contributed by atoms with Gasteiger partial charge in [0, 0.05) is 15.6 Å². The van der Waals surface area contributed by atoms with Crippen LogP contribution in [0.1, 0.15) is 5.56 Å². The van der Waals surface area contributed by atoms with Crippen molar-refractivity contribution < 1.29 is 9.13 Å². The van der Waals surface area contributed by atoms with Crippen LogP contribution >= 0.6 is 11.3 Å². The van der Waals surface area contributed by atoms with Crippen LogP contribution in [0.4, 0.5) is 4.39 Å². The molecule has 18 heavy (non-hydrogen) atoms. The first-order valence-corrected chi connectivity index (χ1v) is 6.55. The second kappa shape index (κ2) is 4.78. The first-order chi connectivity index (χ1) is 8.84. The number of para-hydroxylation sites is 1. The molecule has 0 bridgehead atoms. The van der Waals surface area contributed by atoms with E-state index in [1.165, 1.54) is 6.07 Å². The normalized spacial score (nSPS) is 10.7. The summed E-state index contributed by atoms with van der Waals surface area (Å²) in [4.78, 5) is 0. The zero-order chi connectivity index (χ0) is 12.4. The topological polar surface area (TPSA) is 9.23 Å². The molecule has 1 aromatic heterocycles. The second-order valence-electron chi connectivity index (χ2n) is 3.98. The molecule has 0 radical (unpaired) electrons. The molecular weight excluding hydrogens is 247 g/mol. The highest BCUT2D eigenvalue weighted by molar-refractivity contribution is 7.17. The minimum absolute atomic E-state index is 0.180. The molecule has 0 saturated heterocycles. The number of hydrogen-bond acceptors (Lipinski definition) is 2. The molecule has 0 saturated carbocycles. The highest BCUT2D eigenvalue weighted by atomic mass is 32.1. The van der Waals surface area contributed by atoms with Crippen LogP contribution in [0.3, 0.4) is 0 Å². The highest BCUT2D eigenvalue weighted by Gasteiger charge is 2.09. The maximum atomic E-state index is 13.8. The fourth-order valence-electron chi connectivity index (χ4n) is 1.89. The zero-order valence-corrected chi connectivity index (χ0v) is 10.4. The SMILES string of the molecule is Fc1cccc2scc(COc3ccccc3)c12. The summed E-state index contributed by atoms with van der Waals surface area (Å²) in [5.74, 6) is 0.619. The molecule has 90 valence electrons. The number of benzene rings is 2. The van der Waals surface area contributed by atoms with Gasteiger partial charge in [-0.15, -0.1) is 11.3 Å². The lowest BCUT2D eigenvalue weighted by molar-refractivity contribution is 0.308. The third kappa shape index (κ3) is 2.09. The van der Waals surface area contributed by atoms with Gasteiger partial charge in [0.1, 0.15) is 18.2 Å². The van der Waals surface area contributed by atoms with Crippen molar-refractivity contribution in [3.8, 4) is 5.75 Å². The van der Waals surface area contributed by atoms with Crippen LogP contribution in [0.15, 0.2) is 53.9 Å². The smallest absolute Gasteiger partial charge is 0.132 e. The molecular formula is C15H11FOS. The highest BCUT2D eigenvalue weighted by Crippen LogP contribution is 2.29. The van der Waals surface area contributed by atoms with Crippen molar-refractivity contribution in [2.45, 2.75) is 6.61 Å². The summed E-state index contributed by atoms with van der Waals surface area (Å²) in [7, 11) is 0. The van der Waals surface area contributed by atoms with E-state index >= 15 is 0 Å². The molecule has 1 nitrogen and oxygen atoms in total. The van der Waals surface area contributed by atoms with Gasteiger partial charge in [-0.1, -0.05) is 24.3 Å². The summed E-state index contributed by atoms with van der Waals surface area (Å²) < 4.78 is 20.4. The van der Waals surface area contributed by atoms with Crippen molar-refractivity contribution in [3.63, 3.8) is 0 Å². The average molecular weight is 258 g/mol. The Morgan fingerprint density at radius 2 is 1.83 bits per heavy atom. The predicted octanol–water partition coefficient (Wildman–Crippen LogP) is 4.62. The van der Waals surface area contributed by atoms with Gasteiger partial charge in [0.05, 0.1) is 0 Å². The van der Waals surface area contributed by atoms with Crippen molar-refractivity contribution in [3.05, 3.63) is 65.3 Å². The summed E-state index contributed by atoms with van der Waals surface area (Å²) in [6.07, 6.45) is 0. The monoisotopic (exact) mass is 258 g/mol. The average Bonchev–Trinajstić information content (AvgIpc) is 2.82. The first-order valence-electron chi connectivity index (χ1n) is 5.67. The number of hydrogen-bond donors (Lipinski definition) is 0. The van der Waals surface area contributed by atoms with Crippen LogP contribution in [-0.2, 0) is 6.61 Å². The van der Waals surface area contributed by atoms with Gasteiger partial charge in [0.2, 0.25) is 0 Å². The molecule has 0 atom stereocenters. The second-order valence-corrected chi connectivity index (χ2v) is 4.89. The Bertz CT molecular complexity index is 661. The van der Waals surface area contributed by atoms with Crippen LogP contribution in [0.25, 0.3) is 10.1 Å². The Morgan fingerprint density at radius 3 is 2.67 bits per heavy atom. The molecule has 1 heterocycles. The number of fused-ring (bicyclic) bond motifs is 1. The lowest BCUT2D eigenvalue weighted by atomic mass is 10.2. The lowest BCUT2D eigenvalue weighted by Crippen LogP contribution is -1.94. The molecule has 0 aliphatic rings. The molecule has 3 heteroatoms. The molecule has 0 N–H and O–H groups in total. The summed E-state index contributed by atoms with van der Waals surface area (Å²) in [5, 5.41) is 2.63. The molecule has 0 aliphatic carbocycles. The predicted molar refractivity (Wildman–Crippen MR) is 72.6 cm³/mol. The van der Waals surface area contributed by atoms with Crippen LogP contribution in [-0.4, -0.2) is 0 Å². The van der Waals surface area contributed by atoms with Gasteiger partial charge >= 0.3 is 0 Å². The van der Waals surface area contributed by atoms with E-state index in [9.17, 15) is 4.39 Å². The van der Waals surface area contributed by atoms with E-state index in [4.69, 9.17) is 4.74 Å². The fraction of sp³-hybridized carbons (Fsp3) is 0.0667. The Labute approximate surface area is 108 Å². The number of halogens is 1. The maximum absolute atomic E-state index is 13.8. The van der Waals surface area contributed by atoms with E-state index in [-0.39, 0.29) is 5.82 Å². The van der Waals surface area contributed by atoms with Crippen molar-refractivity contribution in [1.29, 1.82) is 0 Å². The Hall–Kier alpha value is -1.87. The minimum Gasteiger partial charge on any atom is -0.489 e. The van der Waals surface area contributed by atoms with E-state index in [1.807, 2.05) is 41.8 Å². The van der Waals surface area contributed by atoms with Crippen LogP contribution in [0, 0.1) is 5.82 Å². The number of thiophene rings is 1. The zero-order valence-electron chi connectivity index (χ0n) is 9.60. The van der Waals surface area contributed by atoms with Crippen molar-refractivity contribution in [2.24, 2.45) is 0 Å². The fourth-order valence-corrected chi connectivity index (χ4v) is 2.85. The molecule has 0 aliphatic heterocycles. The van der Waals surface area contributed by atoms with E-state index in [1.54, 1.807) is 17.4 Å². The molecule has 0 unspecified atom stereocenters. The van der Waals surface area contributed by atoms with Gasteiger partial charge in [-0.25, -0.2) is 4.39 Å². The summed E-state index contributed by atoms with van der Waals surface area (Å²) in [6.45, 7) is 0.394. The lowest BCUT2D eigenvalue weighted by Gasteiger charge is -2.05. The summed E-state index contributed by atoms with van der Waals surface area (Å²) in [5.41, 5.74) is 0.900. The van der Waals surface area contributed by atoms with Gasteiger partial charge in [-0.2, -0.15) is 0 Å². The molecule has 0 amide bonds.